The number of quaternary nitrogens is 1. The Morgan fingerprint density at radius 3 is 2.56 bits per heavy atom. The van der Waals surface area contributed by atoms with Crippen LogP contribution in [0.1, 0.15) is 18.5 Å². The molecule has 0 amide bonds. The highest BCUT2D eigenvalue weighted by molar-refractivity contribution is 7.80. The summed E-state index contributed by atoms with van der Waals surface area (Å²) >= 11 is 11.3. The SMILES string of the molecule is C[C@H](NC(=S)Nc1ccc(F)c(Cl)c1)[C@@H](c1ccccc1)[NH+]1CCOCC1. The van der Waals surface area contributed by atoms with E-state index in [1.54, 1.807) is 6.07 Å². The molecule has 144 valence electrons. The lowest BCUT2D eigenvalue weighted by molar-refractivity contribution is -0.940. The maximum absolute atomic E-state index is 13.3. The molecule has 0 saturated carbocycles. The maximum Gasteiger partial charge on any atom is 0.171 e. The zero-order valence-electron chi connectivity index (χ0n) is 15.2. The minimum Gasteiger partial charge on any atom is -0.370 e. The van der Waals surface area contributed by atoms with E-state index in [1.165, 1.54) is 22.6 Å². The van der Waals surface area contributed by atoms with E-state index >= 15 is 0 Å². The van der Waals surface area contributed by atoms with Crippen LogP contribution in [0.25, 0.3) is 0 Å². The van der Waals surface area contributed by atoms with Crippen LogP contribution < -0.4 is 15.5 Å². The lowest BCUT2D eigenvalue weighted by Gasteiger charge is -2.35. The van der Waals surface area contributed by atoms with Crippen molar-refractivity contribution in [2.45, 2.75) is 19.0 Å². The first-order valence-corrected chi connectivity index (χ1v) is 9.83. The van der Waals surface area contributed by atoms with Crippen LogP contribution in [-0.2, 0) is 4.74 Å². The Morgan fingerprint density at radius 2 is 1.89 bits per heavy atom. The zero-order valence-corrected chi connectivity index (χ0v) is 16.7. The Balaban J connectivity index is 1.70. The number of hydrogen-bond donors (Lipinski definition) is 3. The molecule has 2 aromatic carbocycles. The van der Waals surface area contributed by atoms with E-state index in [0.717, 1.165) is 26.3 Å². The Kier molecular flexibility index (Phi) is 7.01. The third-order valence-electron chi connectivity index (χ3n) is 4.77. The molecular weight excluding hydrogens is 385 g/mol. The van der Waals surface area contributed by atoms with Gasteiger partial charge in [0.15, 0.2) is 5.11 Å². The topological polar surface area (TPSA) is 37.7 Å². The van der Waals surface area contributed by atoms with Crippen molar-refractivity contribution in [3.05, 3.63) is 64.9 Å². The molecular formula is C20H24ClFN3OS+. The van der Waals surface area contributed by atoms with Gasteiger partial charge in [0.2, 0.25) is 0 Å². The Hall–Kier alpha value is -1.73. The molecule has 3 N–H and O–H groups in total. The Labute approximate surface area is 169 Å². The van der Waals surface area contributed by atoms with E-state index in [-0.39, 0.29) is 17.1 Å². The fourth-order valence-electron chi connectivity index (χ4n) is 3.51. The lowest BCUT2D eigenvalue weighted by atomic mass is 9.98. The molecule has 7 heteroatoms. The Morgan fingerprint density at radius 1 is 1.19 bits per heavy atom. The van der Waals surface area contributed by atoms with E-state index in [0.29, 0.717) is 10.8 Å². The second-order valence-corrected chi connectivity index (χ2v) is 7.49. The van der Waals surface area contributed by atoms with E-state index in [1.807, 2.05) is 6.07 Å². The van der Waals surface area contributed by atoms with Crippen molar-refractivity contribution in [3.63, 3.8) is 0 Å². The largest absolute Gasteiger partial charge is 0.370 e. The fourth-order valence-corrected chi connectivity index (χ4v) is 4.00. The van der Waals surface area contributed by atoms with E-state index in [2.05, 4.69) is 41.8 Å². The summed E-state index contributed by atoms with van der Waals surface area (Å²) in [6.45, 7) is 5.58. The molecule has 0 aromatic heterocycles. The molecule has 27 heavy (non-hydrogen) atoms. The highest BCUT2D eigenvalue weighted by atomic mass is 35.5. The molecule has 0 bridgehead atoms. The molecule has 3 rings (SSSR count). The summed E-state index contributed by atoms with van der Waals surface area (Å²) < 4.78 is 18.8. The quantitative estimate of drug-likeness (QED) is 0.665. The second-order valence-electron chi connectivity index (χ2n) is 6.68. The van der Waals surface area contributed by atoms with Gasteiger partial charge < -0.3 is 20.3 Å². The number of morpholine rings is 1. The molecule has 0 spiro atoms. The molecule has 1 saturated heterocycles. The van der Waals surface area contributed by atoms with Crippen LogP contribution in [0.3, 0.4) is 0 Å². The van der Waals surface area contributed by atoms with E-state index in [4.69, 9.17) is 28.6 Å². The second kappa shape index (κ2) is 9.46. The molecule has 1 heterocycles. The van der Waals surface area contributed by atoms with Gasteiger partial charge >= 0.3 is 0 Å². The van der Waals surface area contributed by atoms with Crippen LogP contribution in [-0.4, -0.2) is 37.5 Å². The molecule has 0 unspecified atom stereocenters. The van der Waals surface area contributed by atoms with Gasteiger partial charge in [-0.2, -0.15) is 0 Å². The van der Waals surface area contributed by atoms with Crippen LogP contribution in [0.4, 0.5) is 10.1 Å². The minimum absolute atomic E-state index is 0.0655. The number of nitrogens with one attached hydrogen (secondary N) is 3. The number of halogens is 2. The highest BCUT2D eigenvalue weighted by Gasteiger charge is 2.31. The number of benzene rings is 2. The van der Waals surface area contributed by atoms with Crippen molar-refractivity contribution in [1.29, 1.82) is 0 Å². The van der Waals surface area contributed by atoms with Crippen LogP contribution in [0.5, 0.6) is 0 Å². The summed E-state index contributed by atoms with van der Waals surface area (Å²) in [5.41, 5.74) is 1.92. The average molecular weight is 409 g/mol. The van der Waals surface area contributed by atoms with Crippen molar-refractivity contribution < 1.29 is 14.0 Å². The molecule has 1 fully saturated rings. The van der Waals surface area contributed by atoms with E-state index in [9.17, 15) is 4.39 Å². The van der Waals surface area contributed by atoms with Crippen LogP contribution >= 0.6 is 23.8 Å². The molecule has 2 aromatic rings. The monoisotopic (exact) mass is 408 g/mol. The molecule has 1 aliphatic heterocycles. The van der Waals surface area contributed by atoms with E-state index < -0.39 is 5.82 Å². The van der Waals surface area contributed by atoms with Crippen molar-refractivity contribution in [1.82, 2.24) is 5.32 Å². The number of hydrogen-bond acceptors (Lipinski definition) is 2. The molecule has 4 nitrogen and oxygen atoms in total. The maximum atomic E-state index is 13.3. The zero-order chi connectivity index (χ0) is 19.2. The first kappa shape index (κ1) is 20.0. The summed E-state index contributed by atoms with van der Waals surface area (Å²) in [6, 6.07) is 15.3. The van der Waals surface area contributed by atoms with Gasteiger partial charge in [-0.05, 0) is 37.3 Å². The van der Waals surface area contributed by atoms with Gasteiger partial charge in [0.1, 0.15) is 24.9 Å². The summed E-state index contributed by atoms with van der Waals surface area (Å²) in [5.74, 6) is -0.450. The van der Waals surface area contributed by atoms with Crippen LogP contribution in [0, 0.1) is 5.82 Å². The van der Waals surface area contributed by atoms with Gasteiger partial charge in [0.25, 0.3) is 0 Å². The van der Waals surface area contributed by atoms with Crippen molar-refractivity contribution in [2.24, 2.45) is 0 Å². The van der Waals surface area contributed by atoms with Gasteiger partial charge in [0, 0.05) is 11.3 Å². The predicted octanol–water partition coefficient (Wildman–Crippen LogP) is 2.81. The van der Waals surface area contributed by atoms with Gasteiger partial charge in [-0.15, -0.1) is 0 Å². The molecule has 0 radical (unpaired) electrons. The average Bonchev–Trinajstić information content (AvgIpc) is 2.66. The van der Waals surface area contributed by atoms with Crippen LogP contribution in [0.2, 0.25) is 5.02 Å². The summed E-state index contributed by atoms with van der Waals surface area (Å²) in [6.07, 6.45) is 0. The standard InChI is InChI=1S/C20H23ClFN3OS/c1-14(23-20(27)24-16-7-8-18(22)17(21)13-16)19(15-5-3-2-4-6-15)25-9-11-26-12-10-25/h2-8,13-14,19H,9-12H2,1H3,(H2,23,24,27)/p+1/t14-,19-/m0/s1. The summed E-state index contributed by atoms with van der Waals surface area (Å²) in [5, 5.41) is 7.02. The van der Waals surface area contributed by atoms with Crippen molar-refractivity contribution in [2.75, 3.05) is 31.6 Å². The predicted molar refractivity (Wildman–Crippen MR) is 111 cm³/mol. The van der Waals surface area contributed by atoms with Gasteiger partial charge in [0.05, 0.1) is 24.3 Å². The third-order valence-corrected chi connectivity index (χ3v) is 5.28. The van der Waals surface area contributed by atoms with Crippen molar-refractivity contribution in [3.8, 4) is 0 Å². The van der Waals surface area contributed by atoms with Crippen molar-refractivity contribution >= 4 is 34.6 Å². The minimum atomic E-state index is -0.450. The van der Waals surface area contributed by atoms with Crippen LogP contribution in [0.15, 0.2) is 48.5 Å². The molecule has 1 aliphatic rings. The lowest BCUT2D eigenvalue weighted by Crippen LogP contribution is -3.15. The summed E-state index contributed by atoms with van der Waals surface area (Å²) in [7, 11) is 0. The molecule has 2 atom stereocenters. The number of ether oxygens (including phenoxy) is 1. The number of anilines is 1. The highest BCUT2D eigenvalue weighted by Crippen LogP contribution is 2.19. The first-order chi connectivity index (χ1) is 13.0. The number of rotatable bonds is 5. The fraction of sp³-hybridized carbons (Fsp3) is 0.350. The molecule has 0 aliphatic carbocycles. The summed E-state index contributed by atoms with van der Waals surface area (Å²) in [4.78, 5) is 1.47. The first-order valence-electron chi connectivity index (χ1n) is 9.04. The smallest absolute Gasteiger partial charge is 0.171 e. The number of thiocarbonyl (C=S) groups is 1. The van der Waals surface area contributed by atoms with Gasteiger partial charge in [-0.1, -0.05) is 41.9 Å². The normalized spacial score (nSPS) is 17.1. The third kappa shape index (κ3) is 5.39. The Bertz CT molecular complexity index is 771. The van der Waals surface area contributed by atoms with Gasteiger partial charge in [-0.25, -0.2) is 4.39 Å². The van der Waals surface area contributed by atoms with Gasteiger partial charge in [-0.3, -0.25) is 0 Å².